The molecule has 0 aliphatic carbocycles. The Kier molecular flexibility index (Phi) is 19.5. The number of rotatable bonds is 5. The molecule has 0 heterocycles. The molecule has 0 spiro atoms. The molecular weight excluding hydrogens is 719 g/mol. The molecule has 0 aliphatic rings. The molecule has 0 nitrogen and oxygen atoms in total. The van der Waals surface area contributed by atoms with Crippen LogP contribution in [0.3, 0.4) is 0 Å². The standard InChI is InChI=1S/C22H25.C20H21.2CH3.2ClH.Si.Zr/c1-5-16(4)20-13-19-7-6-8-21(22(19)14-20)18-11-9-17(10-12-18)15(2)3;1-14-12-16-6-5-7-18(19(16)13-14)15-8-10-17(11-9-15)20(2,3)4;;;;;;/h6-16H,5H2,1-4H3;5-13H,1-4H3;2*1H3;2*1H;;/q4*-1;;;;. The zero-order chi connectivity index (χ0) is 32.0. The van der Waals surface area contributed by atoms with Gasteiger partial charge in [-0.05, 0) is 39.5 Å². The zero-order valence-electron chi connectivity index (χ0n) is 30.6. The van der Waals surface area contributed by atoms with Crippen LogP contribution in [0.1, 0.15) is 89.0 Å². The number of aryl methyl sites for hydroxylation is 1. The molecule has 6 rings (SSSR count). The summed E-state index contributed by atoms with van der Waals surface area (Å²) in [5.74, 6) is 1.21. The van der Waals surface area contributed by atoms with Crippen LogP contribution in [0.5, 0.6) is 0 Å². The average molecular weight is 773 g/mol. The molecule has 2 radical (unpaired) electrons. The third-order valence-electron chi connectivity index (χ3n) is 8.80. The van der Waals surface area contributed by atoms with Crippen LogP contribution < -0.4 is 0 Å². The fourth-order valence-electron chi connectivity index (χ4n) is 5.86. The van der Waals surface area contributed by atoms with Crippen molar-refractivity contribution in [3.05, 3.63) is 146 Å². The number of halogens is 2. The quantitative estimate of drug-likeness (QED) is 0.121. The van der Waals surface area contributed by atoms with E-state index >= 15 is 0 Å². The van der Waals surface area contributed by atoms with Crippen LogP contribution >= 0.6 is 24.8 Å². The van der Waals surface area contributed by atoms with Crippen LogP contribution in [0.4, 0.5) is 0 Å². The first-order chi connectivity index (χ1) is 21.0. The summed E-state index contributed by atoms with van der Waals surface area (Å²) in [7, 11) is 0. The van der Waals surface area contributed by atoms with E-state index in [1.54, 1.807) is 0 Å². The number of hydrogen-bond acceptors (Lipinski definition) is 0. The van der Waals surface area contributed by atoms with E-state index in [-0.39, 0.29) is 45.1 Å². The van der Waals surface area contributed by atoms with E-state index in [1.807, 2.05) is 0 Å². The molecular formula is C44H54Cl2SiZr-4. The SMILES string of the molecule is CCC(C)c1cc2c(-c3ccc(C(C)C)cc3)cccc2[cH-]1.Cc1cc2c(-c3ccc(C(C)(C)C)cc3)cccc2[cH-]1.Cl.Cl.[CH3-].[CH3-].[Si]=[Zr]. The fourth-order valence-corrected chi connectivity index (χ4v) is 5.86. The average Bonchev–Trinajstić information content (AvgIpc) is 3.64. The molecule has 0 saturated carbocycles. The van der Waals surface area contributed by atoms with Crippen molar-refractivity contribution in [2.24, 2.45) is 0 Å². The summed E-state index contributed by atoms with van der Waals surface area (Å²) in [6, 6.07) is 40.5. The maximum absolute atomic E-state index is 3.06. The Labute approximate surface area is 321 Å². The number of hydrogen-bond donors (Lipinski definition) is 0. The van der Waals surface area contributed by atoms with Crippen molar-refractivity contribution in [3.8, 4) is 22.3 Å². The van der Waals surface area contributed by atoms with Gasteiger partial charge in [0.15, 0.2) is 0 Å². The van der Waals surface area contributed by atoms with Gasteiger partial charge in [-0.3, -0.25) is 0 Å². The van der Waals surface area contributed by atoms with E-state index in [9.17, 15) is 0 Å². The van der Waals surface area contributed by atoms with Crippen LogP contribution in [-0.2, 0) is 28.8 Å². The molecule has 4 heteroatoms. The minimum atomic E-state index is 0. The summed E-state index contributed by atoms with van der Waals surface area (Å²) in [6.45, 7) is 21.0. The van der Waals surface area contributed by atoms with Gasteiger partial charge in [-0.2, -0.15) is 12.1 Å². The molecule has 6 aromatic carbocycles. The normalized spacial score (nSPS) is 11.0. The van der Waals surface area contributed by atoms with E-state index in [0.29, 0.717) is 11.8 Å². The topological polar surface area (TPSA) is 0 Å². The van der Waals surface area contributed by atoms with Crippen LogP contribution in [0.25, 0.3) is 43.8 Å². The van der Waals surface area contributed by atoms with Crippen molar-refractivity contribution in [2.75, 3.05) is 0 Å². The van der Waals surface area contributed by atoms with E-state index in [0.717, 1.165) is 0 Å². The summed E-state index contributed by atoms with van der Waals surface area (Å²) in [5.41, 5.74) is 11.1. The van der Waals surface area contributed by atoms with Gasteiger partial charge in [0.25, 0.3) is 0 Å². The van der Waals surface area contributed by atoms with E-state index in [2.05, 4.69) is 171 Å². The number of fused-ring (bicyclic) bond motifs is 2. The van der Waals surface area contributed by atoms with Gasteiger partial charge in [0.05, 0.1) is 0 Å². The monoisotopic (exact) mass is 770 g/mol. The molecule has 0 fully saturated rings. The van der Waals surface area contributed by atoms with Gasteiger partial charge in [-0.15, -0.1) is 93.9 Å². The number of benzene rings is 4. The minimum absolute atomic E-state index is 0. The van der Waals surface area contributed by atoms with Gasteiger partial charge in [-0.25, -0.2) is 0 Å². The van der Waals surface area contributed by atoms with Crippen LogP contribution in [0.2, 0.25) is 0 Å². The van der Waals surface area contributed by atoms with Crippen molar-refractivity contribution in [1.82, 2.24) is 0 Å². The second-order valence-electron chi connectivity index (χ2n) is 13.4. The van der Waals surface area contributed by atoms with E-state index < -0.39 is 0 Å². The summed E-state index contributed by atoms with van der Waals surface area (Å²) in [4.78, 5) is 0. The molecule has 0 aromatic heterocycles. The van der Waals surface area contributed by atoms with Crippen LogP contribution in [0.15, 0.2) is 109 Å². The van der Waals surface area contributed by atoms with Crippen LogP contribution in [0, 0.1) is 21.8 Å². The van der Waals surface area contributed by atoms with Gasteiger partial charge < -0.3 is 14.9 Å². The van der Waals surface area contributed by atoms with E-state index in [4.69, 9.17) is 0 Å². The Balaban J connectivity index is 0.000000813. The predicted octanol–water partition coefficient (Wildman–Crippen LogP) is 14.1. The predicted molar refractivity (Wildman–Crippen MR) is 219 cm³/mol. The Morgan fingerprint density at radius 1 is 0.667 bits per heavy atom. The first-order valence-corrected chi connectivity index (χ1v) is 20.1. The molecule has 6 aromatic rings. The molecule has 1 unspecified atom stereocenters. The summed E-state index contributed by atoms with van der Waals surface area (Å²) >= 11 is 1.36. The van der Waals surface area contributed by atoms with Gasteiger partial charge >= 0.3 is 30.2 Å². The first-order valence-electron chi connectivity index (χ1n) is 15.9. The molecule has 48 heavy (non-hydrogen) atoms. The summed E-state index contributed by atoms with van der Waals surface area (Å²) in [6.07, 6.45) is 1.19. The van der Waals surface area contributed by atoms with Crippen molar-refractivity contribution < 1.29 is 23.3 Å². The van der Waals surface area contributed by atoms with Crippen LogP contribution in [-0.4, -0.2) is 6.88 Å². The molecule has 1 atom stereocenters. The second-order valence-corrected chi connectivity index (χ2v) is 13.4. The Morgan fingerprint density at radius 3 is 1.58 bits per heavy atom. The van der Waals surface area contributed by atoms with Gasteiger partial charge in [-0.1, -0.05) is 134 Å². The molecule has 256 valence electrons. The third-order valence-corrected chi connectivity index (χ3v) is 8.80. The second kappa shape index (κ2) is 20.5. The Bertz CT molecular complexity index is 1800. The van der Waals surface area contributed by atoms with Gasteiger partial charge in [0.2, 0.25) is 0 Å². The van der Waals surface area contributed by atoms with Crippen molar-refractivity contribution in [1.29, 1.82) is 0 Å². The van der Waals surface area contributed by atoms with Gasteiger partial charge in [0.1, 0.15) is 0 Å². The molecule has 0 saturated heterocycles. The maximum atomic E-state index is 3.06. The molecule has 0 N–H and O–H groups in total. The van der Waals surface area contributed by atoms with E-state index in [1.165, 1.54) is 95.8 Å². The van der Waals surface area contributed by atoms with Crippen molar-refractivity contribution in [2.45, 2.75) is 79.1 Å². The Morgan fingerprint density at radius 2 is 1.12 bits per heavy atom. The molecule has 0 bridgehead atoms. The molecule has 0 aliphatic heterocycles. The Hall–Kier alpha value is -2.22. The fraction of sp³-hybridized carbons (Fsp3) is 0.273. The summed E-state index contributed by atoms with van der Waals surface area (Å²) < 4.78 is 0. The molecule has 0 amide bonds. The van der Waals surface area contributed by atoms with Gasteiger partial charge in [0, 0.05) is 0 Å². The zero-order valence-corrected chi connectivity index (χ0v) is 35.7. The van der Waals surface area contributed by atoms with Crippen molar-refractivity contribution >= 4 is 53.2 Å². The summed E-state index contributed by atoms with van der Waals surface area (Å²) in [5, 5.41) is 5.43. The first kappa shape index (κ1) is 45.8. The third kappa shape index (κ3) is 10.9. The van der Waals surface area contributed by atoms with Crippen molar-refractivity contribution in [3.63, 3.8) is 0 Å².